The van der Waals surface area contributed by atoms with Crippen LogP contribution in [0.25, 0.3) is 10.1 Å². The summed E-state index contributed by atoms with van der Waals surface area (Å²) in [7, 11) is 0. The van der Waals surface area contributed by atoms with Crippen molar-refractivity contribution in [3.05, 3.63) is 64.5 Å². The average molecular weight is 535 g/mol. The van der Waals surface area contributed by atoms with Gasteiger partial charge >= 0.3 is 12.1 Å². The van der Waals surface area contributed by atoms with Crippen LogP contribution in [0.15, 0.2) is 48.5 Å². The number of esters is 1. The molecule has 0 saturated carbocycles. The van der Waals surface area contributed by atoms with Crippen LogP contribution in [0.3, 0.4) is 0 Å². The number of hydrogen-bond donors (Lipinski definition) is 0. The third-order valence-electron chi connectivity index (χ3n) is 6.31. The van der Waals surface area contributed by atoms with Crippen molar-refractivity contribution in [3.8, 4) is 11.8 Å². The monoisotopic (exact) mass is 534 g/mol. The Bertz CT molecular complexity index is 1320. The van der Waals surface area contributed by atoms with E-state index in [1.165, 1.54) is 0 Å². The minimum absolute atomic E-state index is 0.0549. The molecule has 0 aliphatic carbocycles. The van der Waals surface area contributed by atoms with Gasteiger partial charge in [-0.15, -0.1) is 11.3 Å². The number of ether oxygens (including phenoxy) is 3. The Labute approximate surface area is 227 Å². The lowest BCUT2D eigenvalue weighted by molar-refractivity contribution is -0.143. The number of amides is 1. The van der Waals surface area contributed by atoms with Crippen LogP contribution in [-0.4, -0.2) is 48.4 Å². The second-order valence-corrected chi connectivity index (χ2v) is 11.7. The van der Waals surface area contributed by atoms with E-state index in [1.807, 2.05) is 70.2 Å². The molecule has 3 aromatic rings. The summed E-state index contributed by atoms with van der Waals surface area (Å²) >= 11 is 1.68. The predicted octanol–water partition coefficient (Wildman–Crippen LogP) is 6.44. The number of likely N-dealkylation sites (tertiary alicyclic amines) is 1. The zero-order valence-corrected chi connectivity index (χ0v) is 23.2. The van der Waals surface area contributed by atoms with E-state index >= 15 is 0 Å². The summed E-state index contributed by atoms with van der Waals surface area (Å²) in [6.07, 6.45) is 1.30. The van der Waals surface area contributed by atoms with Crippen molar-refractivity contribution >= 4 is 33.5 Å². The number of rotatable bonds is 8. The number of benzene rings is 2. The highest BCUT2D eigenvalue weighted by molar-refractivity contribution is 7.19. The van der Waals surface area contributed by atoms with Gasteiger partial charge in [-0.25, -0.2) is 4.79 Å². The van der Waals surface area contributed by atoms with Crippen molar-refractivity contribution in [2.24, 2.45) is 0 Å². The van der Waals surface area contributed by atoms with Crippen molar-refractivity contribution in [2.75, 3.05) is 19.7 Å². The fourth-order valence-electron chi connectivity index (χ4n) is 4.57. The van der Waals surface area contributed by atoms with E-state index in [9.17, 15) is 14.9 Å². The maximum absolute atomic E-state index is 12.4. The summed E-state index contributed by atoms with van der Waals surface area (Å²) in [6.45, 7) is 8.82. The number of carbonyl (C=O) groups is 2. The first-order valence-electron chi connectivity index (χ1n) is 13.0. The molecule has 8 heteroatoms. The Morgan fingerprint density at radius 3 is 2.61 bits per heavy atom. The molecule has 1 aromatic heterocycles. The molecule has 2 atom stereocenters. The van der Waals surface area contributed by atoms with Crippen LogP contribution in [0.4, 0.5) is 4.79 Å². The number of carbonyl (C=O) groups excluding carboxylic acids is 2. The van der Waals surface area contributed by atoms with E-state index in [0.717, 1.165) is 32.7 Å². The molecule has 1 aliphatic rings. The molecule has 2 heterocycles. The average Bonchev–Trinajstić information content (AvgIpc) is 3.49. The third kappa shape index (κ3) is 7.26. The lowest BCUT2D eigenvalue weighted by Gasteiger charge is -2.24. The van der Waals surface area contributed by atoms with Gasteiger partial charge < -0.3 is 19.1 Å². The first kappa shape index (κ1) is 27.5. The van der Waals surface area contributed by atoms with Crippen LogP contribution in [0.5, 0.6) is 5.75 Å². The smallest absolute Gasteiger partial charge is 0.410 e. The van der Waals surface area contributed by atoms with E-state index in [-0.39, 0.29) is 30.5 Å². The SMILES string of the molecule is CCOC(=O)CC(Cc1cc2cc(C#N)ccc2s1)c1ccc(O[C@H]2CCN(C(=O)OC(C)(C)C)C2)cc1. The van der Waals surface area contributed by atoms with Crippen molar-refractivity contribution in [2.45, 2.75) is 64.6 Å². The summed E-state index contributed by atoms with van der Waals surface area (Å²) in [5.41, 5.74) is 1.14. The zero-order valence-electron chi connectivity index (χ0n) is 22.4. The molecule has 200 valence electrons. The van der Waals surface area contributed by atoms with Crippen molar-refractivity contribution in [1.82, 2.24) is 4.90 Å². The molecule has 1 saturated heterocycles. The predicted molar refractivity (Wildman–Crippen MR) is 148 cm³/mol. The van der Waals surface area contributed by atoms with E-state index < -0.39 is 5.60 Å². The van der Waals surface area contributed by atoms with Gasteiger partial charge in [-0.3, -0.25) is 4.79 Å². The summed E-state index contributed by atoms with van der Waals surface area (Å²) in [6, 6.07) is 17.8. The van der Waals surface area contributed by atoms with E-state index in [2.05, 4.69) is 12.1 Å². The highest BCUT2D eigenvalue weighted by Crippen LogP contribution is 2.33. The Hall–Kier alpha value is -3.57. The summed E-state index contributed by atoms with van der Waals surface area (Å²) in [5.74, 6) is 0.449. The van der Waals surface area contributed by atoms with Gasteiger partial charge in [0.25, 0.3) is 0 Å². The van der Waals surface area contributed by atoms with Crippen molar-refractivity contribution < 1.29 is 23.8 Å². The lowest BCUT2D eigenvalue weighted by Crippen LogP contribution is -2.36. The van der Waals surface area contributed by atoms with Gasteiger partial charge in [0.1, 0.15) is 17.5 Å². The van der Waals surface area contributed by atoms with E-state index in [4.69, 9.17) is 14.2 Å². The van der Waals surface area contributed by atoms with Gasteiger partial charge in [0.05, 0.1) is 31.2 Å². The number of fused-ring (bicyclic) bond motifs is 1. The minimum atomic E-state index is -0.526. The van der Waals surface area contributed by atoms with Crippen LogP contribution in [0, 0.1) is 11.3 Å². The van der Waals surface area contributed by atoms with Crippen LogP contribution >= 0.6 is 11.3 Å². The fraction of sp³-hybridized carbons (Fsp3) is 0.433. The van der Waals surface area contributed by atoms with Gasteiger partial charge in [-0.05, 0) is 87.4 Å². The molecular weight excluding hydrogens is 500 g/mol. The van der Waals surface area contributed by atoms with Gasteiger partial charge in [-0.1, -0.05) is 12.1 Å². The molecule has 0 radical (unpaired) electrons. The highest BCUT2D eigenvalue weighted by Gasteiger charge is 2.31. The Balaban J connectivity index is 1.44. The molecule has 0 bridgehead atoms. The van der Waals surface area contributed by atoms with Gasteiger partial charge in [-0.2, -0.15) is 5.26 Å². The molecule has 1 aliphatic heterocycles. The maximum Gasteiger partial charge on any atom is 0.410 e. The molecule has 1 fully saturated rings. The molecule has 0 N–H and O–H groups in total. The van der Waals surface area contributed by atoms with Crippen LogP contribution < -0.4 is 4.74 Å². The van der Waals surface area contributed by atoms with Gasteiger partial charge in [0, 0.05) is 22.5 Å². The molecule has 1 unspecified atom stereocenters. The fourth-order valence-corrected chi connectivity index (χ4v) is 5.69. The maximum atomic E-state index is 12.4. The Morgan fingerprint density at radius 2 is 1.92 bits per heavy atom. The molecule has 4 rings (SSSR count). The van der Waals surface area contributed by atoms with Crippen molar-refractivity contribution in [1.29, 1.82) is 5.26 Å². The lowest BCUT2D eigenvalue weighted by atomic mass is 9.91. The highest BCUT2D eigenvalue weighted by atomic mass is 32.1. The second kappa shape index (κ2) is 11.9. The number of thiophene rings is 1. The van der Waals surface area contributed by atoms with E-state index in [0.29, 0.717) is 31.7 Å². The number of hydrogen-bond acceptors (Lipinski definition) is 7. The van der Waals surface area contributed by atoms with Crippen LogP contribution in [-0.2, 0) is 20.7 Å². The molecule has 7 nitrogen and oxygen atoms in total. The Morgan fingerprint density at radius 1 is 1.16 bits per heavy atom. The van der Waals surface area contributed by atoms with Gasteiger partial charge in [0.15, 0.2) is 0 Å². The second-order valence-electron chi connectivity index (χ2n) is 10.5. The standard InChI is InChI=1S/C30H34N2O5S/c1-5-35-28(33)17-22(15-26-16-23-14-20(18-31)6-11-27(23)38-26)21-7-9-24(10-8-21)36-25-12-13-32(19-25)29(34)37-30(2,3)4/h6-11,14,16,22,25H,5,12-13,15,17,19H2,1-4H3/t22?,25-/m0/s1. The van der Waals surface area contributed by atoms with Crippen molar-refractivity contribution in [3.63, 3.8) is 0 Å². The number of nitrogens with zero attached hydrogens (tertiary/aromatic N) is 2. The minimum Gasteiger partial charge on any atom is -0.489 e. The van der Waals surface area contributed by atoms with Crippen LogP contribution in [0.1, 0.15) is 62.5 Å². The quantitative estimate of drug-likeness (QED) is 0.309. The molecule has 0 spiro atoms. The normalized spacial score (nSPS) is 16.2. The topological polar surface area (TPSA) is 88.9 Å². The van der Waals surface area contributed by atoms with Gasteiger partial charge in [0.2, 0.25) is 0 Å². The summed E-state index contributed by atoms with van der Waals surface area (Å²) in [4.78, 5) is 27.6. The Kier molecular flexibility index (Phi) is 8.58. The first-order valence-corrected chi connectivity index (χ1v) is 13.8. The summed E-state index contributed by atoms with van der Waals surface area (Å²) < 4.78 is 18.0. The molecular formula is C30H34N2O5S. The molecule has 2 aromatic carbocycles. The number of nitriles is 1. The van der Waals surface area contributed by atoms with E-state index in [1.54, 1.807) is 16.2 Å². The molecule has 1 amide bonds. The summed E-state index contributed by atoms with van der Waals surface area (Å²) in [5, 5.41) is 10.2. The van der Waals surface area contributed by atoms with Crippen LogP contribution in [0.2, 0.25) is 0 Å². The largest absolute Gasteiger partial charge is 0.489 e. The third-order valence-corrected chi connectivity index (χ3v) is 7.45. The molecule has 38 heavy (non-hydrogen) atoms. The zero-order chi connectivity index (χ0) is 27.3. The first-order chi connectivity index (χ1) is 18.1.